The Morgan fingerprint density at radius 3 is 2.80 bits per heavy atom. The van der Waals surface area contributed by atoms with Crippen LogP contribution in [0.2, 0.25) is 5.02 Å². The quantitative estimate of drug-likeness (QED) is 0.543. The van der Waals surface area contributed by atoms with Gasteiger partial charge in [-0.15, -0.1) is 0 Å². The molecule has 0 aliphatic rings. The maximum Gasteiger partial charge on any atom is 0.160 e. The Bertz CT molecular complexity index is 344. The first kappa shape index (κ1) is 12.3. The summed E-state index contributed by atoms with van der Waals surface area (Å²) in [5.74, 6) is 0.0907. The van der Waals surface area contributed by atoms with E-state index < -0.39 is 0 Å². The summed E-state index contributed by atoms with van der Waals surface area (Å²) in [5, 5.41) is 0.707. The van der Waals surface area contributed by atoms with Gasteiger partial charge in [0.2, 0.25) is 0 Å². The highest BCUT2D eigenvalue weighted by atomic mass is 35.5. The van der Waals surface area contributed by atoms with Crippen molar-refractivity contribution >= 4 is 17.4 Å². The molecule has 0 bridgehead atoms. The molecule has 0 amide bonds. The van der Waals surface area contributed by atoms with E-state index in [0.29, 0.717) is 5.02 Å². The summed E-state index contributed by atoms with van der Waals surface area (Å²) < 4.78 is 0. The van der Waals surface area contributed by atoms with Crippen LogP contribution in [0.5, 0.6) is 0 Å². The van der Waals surface area contributed by atoms with Gasteiger partial charge in [-0.05, 0) is 37.8 Å². The fourth-order valence-corrected chi connectivity index (χ4v) is 1.89. The summed E-state index contributed by atoms with van der Waals surface area (Å²) in [6.45, 7) is 3.62. The van der Waals surface area contributed by atoms with E-state index in [9.17, 15) is 4.79 Å². The highest BCUT2D eigenvalue weighted by molar-refractivity contribution is 6.31. The number of unbranched alkanes of at least 4 members (excludes halogenated alkanes) is 2. The third-order valence-corrected chi connectivity index (χ3v) is 2.77. The van der Waals surface area contributed by atoms with Crippen LogP contribution in [0.3, 0.4) is 0 Å². The first-order chi connectivity index (χ1) is 7.16. The summed E-state index contributed by atoms with van der Waals surface area (Å²) in [6, 6.07) is 5.52. The van der Waals surface area contributed by atoms with Gasteiger partial charge in [0.1, 0.15) is 0 Å². The zero-order valence-electron chi connectivity index (χ0n) is 9.22. The van der Waals surface area contributed by atoms with Crippen LogP contribution in [0, 0.1) is 6.42 Å². The molecule has 15 heavy (non-hydrogen) atoms. The van der Waals surface area contributed by atoms with Gasteiger partial charge < -0.3 is 0 Å². The number of ketones is 1. The van der Waals surface area contributed by atoms with E-state index in [1.807, 2.05) is 25.1 Å². The number of hydrogen-bond acceptors (Lipinski definition) is 1. The lowest BCUT2D eigenvalue weighted by Crippen LogP contribution is -2.00. The number of halogens is 1. The Hall–Kier alpha value is -0.820. The smallest absolute Gasteiger partial charge is 0.160 e. The van der Waals surface area contributed by atoms with Crippen molar-refractivity contribution in [3.63, 3.8) is 0 Å². The first-order valence-corrected chi connectivity index (χ1v) is 5.60. The molecule has 0 saturated carbocycles. The van der Waals surface area contributed by atoms with Gasteiger partial charge in [-0.3, -0.25) is 4.79 Å². The Balaban J connectivity index is 2.87. The second kappa shape index (κ2) is 5.92. The van der Waals surface area contributed by atoms with Crippen molar-refractivity contribution < 1.29 is 4.79 Å². The SMILES string of the molecule is C[CH]CCCc1c(Cl)cccc1C(C)=O. The number of carbonyl (C=O) groups excluding carboxylic acids is 1. The second-order valence-corrected chi connectivity index (χ2v) is 4.03. The summed E-state index contributed by atoms with van der Waals surface area (Å²) in [6.07, 6.45) is 5.10. The molecule has 0 saturated heterocycles. The number of rotatable bonds is 5. The monoisotopic (exact) mass is 223 g/mol. The minimum atomic E-state index is 0.0907. The fourth-order valence-electron chi connectivity index (χ4n) is 1.63. The van der Waals surface area contributed by atoms with Crippen LogP contribution in [0.15, 0.2) is 18.2 Å². The zero-order chi connectivity index (χ0) is 11.3. The summed E-state index contributed by atoms with van der Waals surface area (Å²) in [5.41, 5.74) is 1.76. The Morgan fingerprint density at radius 2 is 2.20 bits per heavy atom. The van der Waals surface area contributed by atoms with Crippen LogP contribution in [0.1, 0.15) is 42.6 Å². The zero-order valence-corrected chi connectivity index (χ0v) is 9.97. The highest BCUT2D eigenvalue weighted by Gasteiger charge is 2.09. The maximum absolute atomic E-state index is 11.4. The van der Waals surface area contributed by atoms with Crippen molar-refractivity contribution in [2.24, 2.45) is 0 Å². The molecule has 0 aliphatic carbocycles. The van der Waals surface area contributed by atoms with E-state index in [0.717, 1.165) is 30.4 Å². The summed E-state index contributed by atoms with van der Waals surface area (Å²) >= 11 is 6.09. The van der Waals surface area contributed by atoms with Crippen molar-refractivity contribution in [3.05, 3.63) is 40.8 Å². The molecule has 0 heterocycles. The number of carbonyl (C=O) groups is 1. The molecule has 0 fully saturated rings. The van der Waals surface area contributed by atoms with E-state index in [2.05, 4.69) is 6.42 Å². The lowest BCUT2D eigenvalue weighted by atomic mass is 9.99. The van der Waals surface area contributed by atoms with Gasteiger partial charge in [0.05, 0.1) is 0 Å². The first-order valence-electron chi connectivity index (χ1n) is 5.23. The van der Waals surface area contributed by atoms with Gasteiger partial charge in [-0.1, -0.05) is 37.1 Å². The van der Waals surface area contributed by atoms with Gasteiger partial charge in [0, 0.05) is 10.6 Å². The lowest BCUT2D eigenvalue weighted by molar-refractivity contribution is 0.101. The Kier molecular flexibility index (Phi) is 4.83. The molecular formula is C13H16ClO. The average Bonchev–Trinajstić information content (AvgIpc) is 2.20. The number of Topliss-reactive ketones (excluding diaryl/α,β-unsaturated/α-hetero) is 1. The minimum Gasteiger partial charge on any atom is -0.295 e. The second-order valence-electron chi connectivity index (χ2n) is 3.62. The van der Waals surface area contributed by atoms with Gasteiger partial charge in [-0.25, -0.2) is 0 Å². The van der Waals surface area contributed by atoms with Crippen molar-refractivity contribution in [1.82, 2.24) is 0 Å². The predicted octanol–water partition coefficient (Wildman–Crippen LogP) is 4.09. The van der Waals surface area contributed by atoms with Crippen LogP contribution in [-0.2, 0) is 6.42 Å². The van der Waals surface area contributed by atoms with E-state index in [1.165, 1.54) is 0 Å². The molecule has 1 aromatic rings. The molecule has 81 valence electrons. The molecule has 0 aliphatic heterocycles. The minimum absolute atomic E-state index is 0.0907. The fraction of sp³-hybridized carbons (Fsp3) is 0.385. The van der Waals surface area contributed by atoms with Gasteiger partial charge in [-0.2, -0.15) is 0 Å². The van der Waals surface area contributed by atoms with Crippen molar-refractivity contribution in [2.45, 2.75) is 33.1 Å². The van der Waals surface area contributed by atoms with Gasteiger partial charge in [0.15, 0.2) is 5.78 Å². The van der Waals surface area contributed by atoms with Crippen LogP contribution < -0.4 is 0 Å². The molecule has 2 heteroatoms. The van der Waals surface area contributed by atoms with E-state index >= 15 is 0 Å². The average molecular weight is 224 g/mol. The molecule has 0 unspecified atom stereocenters. The Labute approximate surface area is 96.5 Å². The molecule has 1 aromatic carbocycles. The van der Waals surface area contributed by atoms with Crippen molar-refractivity contribution in [3.8, 4) is 0 Å². The van der Waals surface area contributed by atoms with Crippen LogP contribution in [0.4, 0.5) is 0 Å². The van der Waals surface area contributed by atoms with E-state index in [-0.39, 0.29) is 5.78 Å². The van der Waals surface area contributed by atoms with E-state index in [1.54, 1.807) is 6.92 Å². The third-order valence-electron chi connectivity index (χ3n) is 2.42. The van der Waals surface area contributed by atoms with Crippen LogP contribution in [-0.4, -0.2) is 5.78 Å². The normalized spacial score (nSPS) is 10.3. The summed E-state index contributed by atoms with van der Waals surface area (Å²) in [7, 11) is 0. The Morgan fingerprint density at radius 1 is 1.47 bits per heavy atom. The molecule has 1 radical (unpaired) electrons. The van der Waals surface area contributed by atoms with Crippen LogP contribution >= 0.6 is 11.6 Å². The topological polar surface area (TPSA) is 17.1 Å². The van der Waals surface area contributed by atoms with Crippen molar-refractivity contribution in [1.29, 1.82) is 0 Å². The number of benzene rings is 1. The molecule has 1 rings (SSSR count). The standard InChI is InChI=1S/C13H16ClO/c1-3-4-5-7-12-11(10(2)15)8-6-9-13(12)14/h3,6,8-9H,4-5,7H2,1-2H3. The van der Waals surface area contributed by atoms with E-state index in [4.69, 9.17) is 11.6 Å². The third kappa shape index (κ3) is 3.35. The lowest BCUT2D eigenvalue weighted by Gasteiger charge is -2.08. The van der Waals surface area contributed by atoms with Gasteiger partial charge >= 0.3 is 0 Å². The molecule has 0 N–H and O–H groups in total. The van der Waals surface area contributed by atoms with Crippen molar-refractivity contribution in [2.75, 3.05) is 0 Å². The predicted molar refractivity (Wildman–Crippen MR) is 64.4 cm³/mol. The van der Waals surface area contributed by atoms with Crippen LogP contribution in [0.25, 0.3) is 0 Å². The number of hydrogen-bond donors (Lipinski definition) is 0. The van der Waals surface area contributed by atoms with Gasteiger partial charge in [0.25, 0.3) is 0 Å². The molecule has 1 nitrogen and oxygen atoms in total. The molecule has 0 spiro atoms. The largest absolute Gasteiger partial charge is 0.295 e. The molecule has 0 aromatic heterocycles. The maximum atomic E-state index is 11.4. The summed E-state index contributed by atoms with van der Waals surface area (Å²) in [4.78, 5) is 11.4. The molecule has 0 atom stereocenters. The highest BCUT2D eigenvalue weighted by Crippen LogP contribution is 2.22. The molecular weight excluding hydrogens is 208 g/mol.